The first kappa shape index (κ1) is 25.7. The Morgan fingerprint density at radius 1 is 0.650 bits per heavy atom. The molecule has 0 aliphatic carbocycles. The molecular weight excluding hydrogens is 496 g/mol. The first-order chi connectivity index (χ1) is 19.6. The Balaban J connectivity index is 1.60. The molecule has 6 nitrogen and oxygen atoms in total. The van der Waals surface area contributed by atoms with Gasteiger partial charge < -0.3 is 19.4 Å². The van der Waals surface area contributed by atoms with Crippen LogP contribution >= 0.6 is 0 Å². The number of hydrogen-bond acceptors (Lipinski definition) is 4. The van der Waals surface area contributed by atoms with Gasteiger partial charge in [-0.15, -0.1) is 0 Å². The Kier molecular flexibility index (Phi) is 7.23. The van der Waals surface area contributed by atoms with Crippen LogP contribution in [0.3, 0.4) is 0 Å². The Labute approximate surface area is 234 Å². The third-order valence-electron chi connectivity index (χ3n) is 7.42. The molecule has 0 amide bonds. The van der Waals surface area contributed by atoms with Crippen LogP contribution in [0.2, 0.25) is 0 Å². The summed E-state index contributed by atoms with van der Waals surface area (Å²) in [5.74, 6) is 1.46. The summed E-state index contributed by atoms with van der Waals surface area (Å²) < 4.78 is 11.2. The van der Waals surface area contributed by atoms with E-state index in [9.17, 15) is 0 Å². The van der Waals surface area contributed by atoms with Crippen LogP contribution in [0.1, 0.15) is 60.9 Å². The Morgan fingerprint density at radius 3 is 1.75 bits per heavy atom. The molecule has 2 aliphatic heterocycles. The second-order valence-electron chi connectivity index (χ2n) is 10.2. The van der Waals surface area contributed by atoms with Crippen molar-refractivity contribution in [2.75, 3.05) is 14.2 Å². The van der Waals surface area contributed by atoms with E-state index in [1.165, 1.54) is 24.8 Å². The SMILES string of the molecule is CCCCCCc1c2nc(cc3ccc([nH]3)c(-c3cc(OC)cc(OC)c3)c3ccc(cc4nc1C=C4)[nH]3)C=C2. The minimum absolute atomic E-state index is 0.731. The van der Waals surface area contributed by atoms with Crippen LogP contribution in [0, 0.1) is 0 Å². The fraction of sp³-hybridized carbons (Fsp3) is 0.235. The molecule has 4 aromatic rings. The number of hydrogen-bond donors (Lipinski definition) is 2. The smallest absolute Gasteiger partial charge is 0.123 e. The molecule has 202 valence electrons. The molecule has 0 saturated heterocycles. The molecule has 0 fully saturated rings. The largest absolute Gasteiger partial charge is 0.497 e. The Bertz CT molecular complexity index is 1660. The van der Waals surface area contributed by atoms with E-state index in [4.69, 9.17) is 19.4 Å². The van der Waals surface area contributed by atoms with Gasteiger partial charge in [-0.05, 0) is 91.2 Å². The first-order valence-corrected chi connectivity index (χ1v) is 14.0. The molecule has 1 aromatic carbocycles. The van der Waals surface area contributed by atoms with E-state index in [-0.39, 0.29) is 0 Å². The summed E-state index contributed by atoms with van der Waals surface area (Å²) in [7, 11) is 3.34. The molecule has 40 heavy (non-hydrogen) atoms. The molecule has 2 N–H and O–H groups in total. The van der Waals surface area contributed by atoms with Gasteiger partial charge in [-0.1, -0.05) is 26.2 Å². The van der Waals surface area contributed by atoms with Gasteiger partial charge >= 0.3 is 0 Å². The minimum Gasteiger partial charge on any atom is -0.497 e. The number of H-pyrrole nitrogens is 2. The lowest BCUT2D eigenvalue weighted by Gasteiger charge is -2.09. The lowest BCUT2D eigenvalue weighted by molar-refractivity contribution is 0.394. The first-order valence-electron chi connectivity index (χ1n) is 14.0. The summed E-state index contributed by atoms with van der Waals surface area (Å²) in [5.41, 5.74) is 11.0. The molecule has 0 saturated carbocycles. The van der Waals surface area contributed by atoms with Crippen LogP contribution in [0.4, 0.5) is 0 Å². The molecule has 0 radical (unpaired) electrons. The van der Waals surface area contributed by atoms with Crippen molar-refractivity contribution >= 4 is 46.4 Å². The minimum atomic E-state index is 0.731. The summed E-state index contributed by atoms with van der Waals surface area (Å²) >= 11 is 0. The molecule has 2 aliphatic rings. The monoisotopic (exact) mass is 530 g/mol. The normalized spacial score (nSPS) is 12.2. The van der Waals surface area contributed by atoms with E-state index in [1.54, 1.807) is 14.2 Å². The molecule has 0 unspecified atom stereocenters. The van der Waals surface area contributed by atoms with Gasteiger partial charge in [-0.2, -0.15) is 0 Å². The summed E-state index contributed by atoms with van der Waals surface area (Å²) in [6, 6.07) is 18.5. The predicted molar refractivity (Wildman–Crippen MR) is 165 cm³/mol. The van der Waals surface area contributed by atoms with Gasteiger partial charge in [0.2, 0.25) is 0 Å². The second-order valence-corrected chi connectivity index (χ2v) is 10.2. The molecule has 5 heterocycles. The highest BCUT2D eigenvalue weighted by Crippen LogP contribution is 2.34. The summed E-state index contributed by atoms with van der Waals surface area (Å²) in [6.07, 6.45) is 14.2. The van der Waals surface area contributed by atoms with E-state index in [0.29, 0.717) is 0 Å². The van der Waals surface area contributed by atoms with Crippen molar-refractivity contribution < 1.29 is 9.47 Å². The average molecular weight is 531 g/mol. The molecular formula is C34H34N4O2. The van der Waals surface area contributed by atoms with Crippen LogP contribution in [-0.2, 0) is 6.42 Å². The number of unbranched alkanes of at least 4 members (excludes halogenated alkanes) is 3. The van der Waals surface area contributed by atoms with E-state index >= 15 is 0 Å². The lowest BCUT2D eigenvalue weighted by atomic mass is 10.0. The van der Waals surface area contributed by atoms with Crippen molar-refractivity contribution in [2.24, 2.45) is 0 Å². The van der Waals surface area contributed by atoms with Crippen LogP contribution < -0.4 is 9.47 Å². The number of rotatable bonds is 8. The van der Waals surface area contributed by atoms with E-state index < -0.39 is 0 Å². The summed E-state index contributed by atoms with van der Waals surface area (Å²) in [6.45, 7) is 2.24. The average Bonchev–Trinajstić information content (AvgIpc) is 3.79. The fourth-order valence-electron chi connectivity index (χ4n) is 5.38. The van der Waals surface area contributed by atoms with Gasteiger partial charge in [-0.3, -0.25) is 0 Å². The van der Waals surface area contributed by atoms with Crippen LogP contribution in [0.5, 0.6) is 11.5 Å². The topological polar surface area (TPSA) is 75.8 Å². The van der Waals surface area contributed by atoms with Gasteiger partial charge in [-0.25, -0.2) is 9.97 Å². The number of nitrogens with zero attached hydrogens (tertiary/aromatic N) is 2. The molecule has 0 spiro atoms. The van der Waals surface area contributed by atoms with Gasteiger partial charge in [0, 0.05) is 39.3 Å². The number of ether oxygens (including phenoxy) is 2. The summed E-state index contributed by atoms with van der Waals surface area (Å²) in [5, 5.41) is 0. The number of benzene rings is 1. The number of aromatic amines is 2. The molecule has 6 heteroatoms. The molecule has 6 rings (SSSR count). The van der Waals surface area contributed by atoms with E-state index in [1.807, 2.05) is 18.2 Å². The van der Waals surface area contributed by atoms with Crippen molar-refractivity contribution in [1.82, 2.24) is 19.9 Å². The maximum atomic E-state index is 5.59. The Morgan fingerprint density at radius 2 is 1.23 bits per heavy atom. The van der Waals surface area contributed by atoms with Gasteiger partial charge in [0.1, 0.15) is 11.5 Å². The zero-order chi connectivity index (χ0) is 27.5. The Hall–Kier alpha value is -4.58. The summed E-state index contributed by atoms with van der Waals surface area (Å²) in [4.78, 5) is 17.3. The van der Waals surface area contributed by atoms with Crippen molar-refractivity contribution in [2.45, 2.75) is 39.0 Å². The highest BCUT2D eigenvalue weighted by molar-refractivity contribution is 5.94. The third-order valence-corrected chi connectivity index (χ3v) is 7.42. The molecule has 8 bridgehead atoms. The quantitative estimate of drug-likeness (QED) is 0.194. The fourth-order valence-corrected chi connectivity index (χ4v) is 5.38. The number of fused-ring (bicyclic) bond motifs is 8. The van der Waals surface area contributed by atoms with Crippen LogP contribution in [-0.4, -0.2) is 34.2 Å². The lowest BCUT2D eigenvalue weighted by Crippen LogP contribution is -1.95. The van der Waals surface area contributed by atoms with Gasteiger partial charge in [0.05, 0.1) is 37.0 Å². The number of methoxy groups -OCH3 is 2. The highest BCUT2D eigenvalue weighted by Gasteiger charge is 2.13. The second kappa shape index (κ2) is 11.3. The number of nitrogens with one attached hydrogen (secondary N) is 2. The zero-order valence-electron chi connectivity index (χ0n) is 23.3. The predicted octanol–water partition coefficient (Wildman–Crippen LogP) is 8.46. The third kappa shape index (κ3) is 5.30. The van der Waals surface area contributed by atoms with Crippen molar-refractivity contribution in [1.29, 1.82) is 0 Å². The molecule has 3 aromatic heterocycles. The van der Waals surface area contributed by atoms with Crippen LogP contribution in [0.25, 0.3) is 57.5 Å². The van der Waals surface area contributed by atoms with E-state index in [0.717, 1.165) is 80.3 Å². The number of aromatic nitrogens is 4. The van der Waals surface area contributed by atoms with Gasteiger partial charge in [0.25, 0.3) is 0 Å². The van der Waals surface area contributed by atoms with Gasteiger partial charge in [0.15, 0.2) is 0 Å². The van der Waals surface area contributed by atoms with Crippen molar-refractivity contribution in [3.8, 4) is 22.6 Å². The standard InChI is InChI=1S/C34H34N4O2/c1-4-5-6-7-8-29-30-13-9-23(35-30)19-25-11-15-32(37-25)34(22-17-27(39-2)21-28(18-22)40-3)33-16-12-26(38-33)20-24-10-14-31(29)36-24/h9-21,37-38H,4-8H2,1-3H3. The maximum absolute atomic E-state index is 5.59. The highest BCUT2D eigenvalue weighted by atomic mass is 16.5. The zero-order valence-corrected chi connectivity index (χ0v) is 23.3. The maximum Gasteiger partial charge on any atom is 0.123 e. The van der Waals surface area contributed by atoms with Crippen molar-refractivity contribution in [3.05, 3.63) is 82.9 Å². The van der Waals surface area contributed by atoms with Crippen LogP contribution in [0.15, 0.2) is 54.6 Å². The van der Waals surface area contributed by atoms with Crippen molar-refractivity contribution in [3.63, 3.8) is 0 Å². The molecule has 0 atom stereocenters. The van der Waals surface area contributed by atoms with E-state index in [2.05, 4.69) is 77.6 Å².